The van der Waals surface area contributed by atoms with E-state index in [0.29, 0.717) is 13.0 Å². The number of aryl methyl sites for hydroxylation is 1. The number of fused-ring (bicyclic) bond motifs is 1. The van der Waals surface area contributed by atoms with Gasteiger partial charge in [-0.15, -0.1) is 0 Å². The van der Waals surface area contributed by atoms with E-state index in [1.807, 2.05) is 25.4 Å². The number of piperidine rings is 1. The van der Waals surface area contributed by atoms with E-state index >= 15 is 0 Å². The molecule has 0 radical (unpaired) electrons. The Morgan fingerprint density at radius 2 is 1.93 bits per heavy atom. The summed E-state index contributed by atoms with van der Waals surface area (Å²) >= 11 is 0. The number of pyridine rings is 2. The van der Waals surface area contributed by atoms with E-state index in [4.69, 9.17) is 0 Å². The van der Waals surface area contributed by atoms with Gasteiger partial charge < -0.3 is 5.11 Å². The maximum atomic E-state index is 12.4. The zero-order valence-corrected chi connectivity index (χ0v) is 15.4. The number of aliphatic hydroxyl groups is 1. The van der Waals surface area contributed by atoms with Crippen LogP contribution in [0.3, 0.4) is 0 Å². The van der Waals surface area contributed by atoms with Gasteiger partial charge in [0.15, 0.2) is 5.78 Å². The highest BCUT2D eigenvalue weighted by Gasteiger charge is 2.19. The second-order valence-electron chi connectivity index (χ2n) is 7.22. The highest BCUT2D eigenvalue weighted by Crippen LogP contribution is 2.22. The van der Waals surface area contributed by atoms with Crippen LogP contribution in [0.25, 0.3) is 22.0 Å². The molecule has 7 heteroatoms. The summed E-state index contributed by atoms with van der Waals surface area (Å²) in [6.07, 6.45) is 8.87. The molecule has 27 heavy (non-hydrogen) atoms. The lowest BCUT2D eigenvalue weighted by Crippen LogP contribution is -2.39. The van der Waals surface area contributed by atoms with Crippen molar-refractivity contribution in [3.63, 3.8) is 0 Å². The van der Waals surface area contributed by atoms with E-state index in [9.17, 15) is 9.90 Å². The lowest BCUT2D eigenvalue weighted by molar-refractivity contribution is -0.120. The molecule has 0 aromatic carbocycles. The lowest BCUT2D eigenvalue weighted by Gasteiger charge is -2.28. The summed E-state index contributed by atoms with van der Waals surface area (Å²) in [7, 11) is 1.88. The van der Waals surface area contributed by atoms with E-state index < -0.39 is 0 Å². The van der Waals surface area contributed by atoms with E-state index in [0.717, 1.165) is 53.7 Å². The molecule has 1 aliphatic rings. The second kappa shape index (κ2) is 7.54. The standard InChI is InChI=1S/C20H23N5O2/c1-24-12-16(11-23-24)20-7-14-6-17(21-9-15(14)10-22-20)8-19(27)13-25-4-2-18(26)3-5-25/h6-7,9-12,18,26H,2-5,8,13H2,1H3. The van der Waals surface area contributed by atoms with Crippen LogP contribution in [0, 0.1) is 0 Å². The van der Waals surface area contributed by atoms with Crippen molar-refractivity contribution in [2.45, 2.75) is 25.4 Å². The lowest BCUT2D eigenvalue weighted by atomic mass is 10.1. The molecule has 3 aromatic heterocycles. The molecular weight excluding hydrogens is 342 g/mol. The first-order chi connectivity index (χ1) is 13.1. The van der Waals surface area contributed by atoms with Gasteiger partial charge in [0, 0.05) is 55.4 Å². The third-order valence-electron chi connectivity index (χ3n) is 5.00. The summed E-state index contributed by atoms with van der Waals surface area (Å²) in [5, 5.41) is 15.7. The maximum Gasteiger partial charge on any atom is 0.152 e. The summed E-state index contributed by atoms with van der Waals surface area (Å²) in [5.74, 6) is 0.153. The van der Waals surface area contributed by atoms with E-state index in [1.54, 1.807) is 23.3 Å². The molecule has 0 amide bonds. The first-order valence-electron chi connectivity index (χ1n) is 9.22. The van der Waals surface area contributed by atoms with Crippen molar-refractivity contribution in [2.75, 3.05) is 19.6 Å². The van der Waals surface area contributed by atoms with Crippen molar-refractivity contribution in [2.24, 2.45) is 7.05 Å². The molecule has 1 fully saturated rings. The van der Waals surface area contributed by atoms with Crippen LogP contribution in [0.15, 0.2) is 36.9 Å². The van der Waals surface area contributed by atoms with Crippen molar-refractivity contribution < 1.29 is 9.90 Å². The molecule has 1 N–H and O–H groups in total. The van der Waals surface area contributed by atoms with Crippen molar-refractivity contribution in [3.8, 4) is 11.3 Å². The van der Waals surface area contributed by atoms with E-state index in [2.05, 4.69) is 20.0 Å². The minimum Gasteiger partial charge on any atom is -0.393 e. The first kappa shape index (κ1) is 17.8. The Morgan fingerprint density at radius 3 is 2.67 bits per heavy atom. The Hall–Kier alpha value is -2.64. The van der Waals surface area contributed by atoms with Gasteiger partial charge in [0.2, 0.25) is 0 Å². The molecule has 0 bridgehead atoms. The Labute approximate surface area is 157 Å². The monoisotopic (exact) mass is 365 g/mol. The molecule has 3 aromatic rings. The zero-order valence-electron chi connectivity index (χ0n) is 15.4. The van der Waals surface area contributed by atoms with Crippen molar-refractivity contribution in [3.05, 3.63) is 42.6 Å². The predicted molar refractivity (Wildman–Crippen MR) is 102 cm³/mol. The highest BCUT2D eigenvalue weighted by molar-refractivity contribution is 5.87. The molecule has 0 atom stereocenters. The van der Waals surface area contributed by atoms with Crippen LogP contribution in [0.5, 0.6) is 0 Å². The first-order valence-corrected chi connectivity index (χ1v) is 9.22. The molecule has 140 valence electrons. The molecular formula is C20H23N5O2. The third-order valence-corrected chi connectivity index (χ3v) is 5.00. The van der Waals surface area contributed by atoms with Crippen molar-refractivity contribution in [1.29, 1.82) is 0 Å². The minimum atomic E-state index is -0.221. The van der Waals surface area contributed by atoms with Crippen molar-refractivity contribution in [1.82, 2.24) is 24.6 Å². The summed E-state index contributed by atoms with van der Waals surface area (Å²) < 4.78 is 1.75. The van der Waals surface area contributed by atoms with Gasteiger partial charge in [-0.1, -0.05) is 0 Å². The summed E-state index contributed by atoms with van der Waals surface area (Å²) in [4.78, 5) is 23.4. The second-order valence-corrected chi connectivity index (χ2v) is 7.22. The predicted octanol–water partition coefficient (Wildman–Crippen LogP) is 1.60. The number of rotatable bonds is 5. The van der Waals surface area contributed by atoms with Crippen LogP contribution in [-0.4, -0.2) is 61.3 Å². The number of likely N-dealkylation sites (tertiary alicyclic amines) is 1. The fourth-order valence-electron chi connectivity index (χ4n) is 3.48. The average Bonchev–Trinajstić information content (AvgIpc) is 3.09. The van der Waals surface area contributed by atoms with Gasteiger partial charge in [-0.25, -0.2) is 0 Å². The van der Waals surface area contributed by atoms with E-state index in [-0.39, 0.29) is 11.9 Å². The molecule has 4 rings (SSSR count). The quantitative estimate of drug-likeness (QED) is 0.739. The molecule has 0 saturated carbocycles. The number of aromatic nitrogens is 4. The average molecular weight is 365 g/mol. The molecule has 0 unspecified atom stereocenters. The highest BCUT2D eigenvalue weighted by atomic mass is 16.3. The number of aliphatic hydroxyl groups excluding tert-OH is 1. The topological polar surface area (TPSA) is 84.1 Å². The molecule has 7 nitrogen and oxygen atoms in total. The largest absolute Gasteiger partial charge is 0.393 e. The fraction of sp³-hybridized carbons (Fsp3) is 0.400. The van der Waals surface area contributed by atoms with Gasteiger partial charge in [-0.3, -0.25) is 24.3 Å². The molecule has 0 spiro atoms. The Bertz CT molecular complexity index is 960. The number of ketones is 1. The Morgan fingerprint density at radius 1 is 1.15 bits per heavy atom. The zero-order chi connectivity index (χ0) is 18.8. The number of Topliss-reactive ketones (excluding diaryl/α,β-unsaturated/α-hetero) is 1. The summed E-state index contributed by atoms with van der Waals surface area (Å²) in [6.45, 7) is 1.97. The van der Waals surface area contributed by atoms with Crippen LogP contribution in [-0.2, 0) is 18.3 Å². The number of carbonyl (C=O) groups is 1. The van der Waals surface area contributed by atoms with Gasteiger partial charge in [0.05, 0.1) is 31.0 Å². The van der Waals surface area contributed by atoms with Crippen LogP contribution in [0.2, 0.25) is 0 Å². The summed E-state index contributed by atoms with van der Waals surface area (Å²) in [6, 6.07) is 3.97. The van der Waals surface area contributed by atoms with Crippen LogP contribution < -0.4 is 0 Å². The third kappa shape index (κ3) is 4.20. The van der Waals surface area contributed by atoms with Crippen LogP contribution in [0.1, 0.15) is 18.5 Å². The number of hydrogen-bond donors (Lipinski definition) is 1. The van der Waals surface area contributed by atoms with Crippen LogP contribution in [0.4, 0.5) is 0 Å². The molecule has 1 aliphatic heterocycles. The van der Waals surface area contributed by atoms with Gasteiger partial charge in [-0.05, 0) is 30.4 Å². The van der Waals surface area contributed by atoms with Gasteiger partial charge in [-0.2, -0.15) is 5.10 Å². The van der Waals surface area contributed by atoms with Crippen molar-refractivity contribution >= 4 is 16.6 Å². The Kier molecular flexibility index (Phi) is 4.96. The maximum absolute atomic E-state index is 12.4. The van der Waals surface area contributed by atoms with Gasteiger partial charge >= 0.3 is 0 Å². The summed E-state index contributed by atoms with van der Waals surface area (Å²) in [5.41, 5.74) is 2.58. The van der Waals surface area contributed by atoms with Gasteiger partial charge in [0.1, 0.15) is 0 Å². The number of nitrogens with zero attached hydrogens (tertiary/aromatic N) is 5. The van der Waals surface area contributed by atoms with Gasteiger partial charge in [0.25, 0.3) is 0 Å². The molecule has 1 saturated heterocycles. The van der Waals surface area contributed by atoms with Crippen LogP contribution >= 0.6 is 0 Å². The molecule has 4 heterocycles. The fourth-order valence-corrected chi connectivity index (χ4v) is 3.48. The van der Waals surface area contributed by atoms with E-state index in [1.165, 1.54) is 0 Å². The molecule has 0 aliphatic carbocycles. The minimum absolute atomic E-state index is 0.153. The smallest absolute Gasteiger partial charge is 0.152 e. The Balaban J connectivity index is 1.48. The SMILES string of the molecule is Cn1cc(-c2cc3cc(CC(=O)CN4CCC(O)CC4)ncc3cn2)cn1. The number of hydrogen-bond acceptors (Lipinski definition) is 6. The number of carbonyl (C=O) groups excluding carboxylic acids is 1. The normalized spacial score (nSPS) is 16.1.